The predicted molar refractivity (Wildman–Crippen MR) is 130 cm³/mol. The lowest BCUT2D eigenvalue weighted by molar-refractivity contribution is -0.119. The molecule has 0 saturated carbocycles. The molecule has 0 aliphatic carbocycles. The number of rotatable bonds is 8. The number of hydrogen-bond acceptors (Lipinski definition) is 6. The van der Waals surface area contributed by atoms with Crippen LogP contribution in [0, 0.1) is 0 Å². The highest BCUT2D eigenvalue weighted by molar-refractivity contribution is 7.89. The zero-order chi connectivity index (χ0) is 24.1. The molecule has 2 fully saturated rings. The number of hydrogen-bond donors (Lipinski definition) is 2. The van der Waals surface area contributed by atoms with E-state index in [1.54, 1.807) is 36.4 Å². The minimum atomic E-state index is -3.68. The molecule has 2 aromatic carbocycles. The fourth-order valence-electron chi connectivity index (χ4n) is 4.36. The maximum Gasteiger partial charge on any atom is 0.257 e. The summed E-state index contributed by atoms with van der Waals surface area (Å²) in [5.41, 5.74) is 6.61. The second-order valence-electron chi connectivity index (χ2n) is 8.57. The maximum absolute atomic E-state index is 13.4. The first-order valence-corrected chi connectivity index (χ1v) is 13.0. The lowest BCUT2D eigenvalue weighted by Gasteiger charge is -2.27. The summed E-state index contributed by atoms with van der Waals surface area (Å²) in [6.07, 6.45) is 4.75. The van der Waals surface area contributed by atoms with Gasteiger partial charge in [0.15, 0.2) is 6.61 Å². The van der Waals surface area contributed by atoms with Gasteiger partial charge in [0.05, 0.1) is 10.5 Å². The molecule has 2 heterocycles. The number of anilines is 2. The summed E-state index contributed by atoms with van der Waals surface area (Å²) in [6, 6.07) is 11.4. The second kappa shape index (κ2) is 10.4. The Kier molecular flexibility index (Phi) is 7.38. The molecular formula is C24H30N4O5S. The quantitative estimate of drug-likeness (QED) is 0.591. The number of primary amides is 1. The summed E-state index contributed by atoms with van der Waals surface area (Å²) in [5, 5.41) is 2.84. The third kappa shape index (κ3) is 5.51. The van der Waals surface area contributed by atoms with E-state index in [0.29, 0.717) is 35.8 Å². The van der Waals surface area contributed by atoms with E-state index in [2.05, 4.69) is 10.2 Å². The van der Waals surface area contributed by atoms with Crippen LogP contribution in [-0.2, 0) is 14.8 Å². The van der Waals surface area contributed by atoms with Crippen LogP contribution < -0.4 is 20.7 Å². The van der Waals surface area contributed by atoms with Crippen molar-refractivity contribution in [1.82, 2.24) is 4.31 Å². The van der Waals surface area contributed by atoms with Gasteiger partial charge in [-0.3, -0.25) is 9.59 Å². The van der Waals surface area contributed by atoms with Crippen molar-refractivity contribution in [3.8, 4) is 5.75 Å². The van der Waals surface area contributed by atoms with Gasteiger partial charge in [-0.25, -0.2) is 8.42 Å². The van der Waals surface area contributed by atoms with Crippen LogP contribution in [-0.4, -0.2) is 57.3 Å². The molecule has 2 aliphatic heterocycles. The first kappa shape index (κ1) is 24.0. The van der Waals surface area contributed by atoms with Crippen LogP contribution in [0.4, 0.5) is 11.4 Å². The van der Waals surface area contributed by atoms with E-state index in [-0.39, 0.29) is 11.5 Å². The lowest BCUT2D eigenvalue weighted by Crippen LogP contribution is -2.35. The molecule has 0 unspecified atom stereocenters. The van der Waals surface area contributed by atoms with Crippen molar-refractivity contribution < 1.29 is 22.7 Å². The Balaban J connectivity index is 1.63. The molecule has 4 rings (SSSR count). The first-order valence-electron chi connectivity index (χ1n) is 11.6. The van der Waals surface area contributed by atoms with Crippen molar-refractivity contribution in [2.75, 3.05) is 43.0 Å². The molecule has 3 N–H and O–H groups in total. The Morgan fingerprint density at radius 2 is 1.65 bits per heavy atom. The van der Waals surface area contributed by atoms with Gasteiger partial charge in [-0.1, -0.05) is 12.5 Å². The van der Waals surface area contributed by atoms with Crippen molar-refractivity contribution in [2.45, 2.75) is 37.0 Å². The Morgan fingerprint density at radius 1 is 0.941 bits per heavy atom. The van der Waals surface area contributed by atoms with Gasteiger partial charge in [0.25, 0.3) is 11.8 Å². The minimum Gasteiger partial charge on any atom is -0.484 e. The highest BCUT2D eigenvalue weighted by Crippen LogP contribution is 2.30. The number of piperidine rings is 1. The van der Waals surface area contributed by atoms with Crippen molar-refractivity contribution >= 4 is 33.2 Å². The zero-order valence-corrected chi connectivity index (χ0v) is 19.9. The highest BCUT2D eigenvalue weighted by Gasteiger charge is 2.28. The summed E-state index contributed by atoms with van der Waals surface area (Å²) in [7, 11) is -3.68. The number of nitrogens with two attached hydrogens (primary N) is 1. The smallest absolute Gasteiger partial charge is 0.257 e. The van der Waals surface area contributed by atoms with Crippen molar-refractivity contribution in [3.05, 3.63) is 48.0 Å². The molecule has 2 saturated heterocycles. The average molecular weight is 487 g/mol. The van der Waals surface area contributed by atoms with Gasteiger partial charge in [-0.05, 0) is 56.0 Å². The number of nitrogens with zero attached hydrogens (tertiary/aromatic N) is 2. The Labute approximate surface area is 199 Å². The van der Waals surface area contributed by atoms with E-state index >= 15 is 0 Å². The Morgan fingerprint density at radius 3 is 2.35 bits per heavy atom. The van der Waals surface area contributed by atoms with E-state index in [9.17, 15) is 18.0 Å². The van der Waals surface area contributed by atoms with Gasteiger partial charge in [-0.15, -0.1) is 0 Å². The molecule has 2 aromatic rings. The second-order valence-corrected chi connectivity index (χ2v) is 10.5. The summed E-state index contributed by atoms with van der Waals surface area (Å²) in [5.74, 6) is -0.626. The van der Waals surface area contributed by atoms with Crippen molar-refractivity contribution in [3.63, 3.8) is 0 Å². The number of sulfonamides is 1. The molecular weight excluding hydrogens is 456 g/mol. The lowest BCUT2D eigenvalue weighted by atomic mass is 10.1. The molecule has 0 radical (unpaired) electrons. The van der Waals surface area contributed by atoms with E-state index in [1.165, 1.54) is 10.4 Å². The normalized spacial score (nSPS) is 16.9. The SMILES string of the molecule is NC(=O)COc1cccc(NC(=O)c2cc(S(=O)(=O)N3CCCCC3)ccc2N2CCCC2)c1. The molecule has 9 nitrogen and oxygen atoms in total. The largest absolute Gasteiger partial charge is 0.484 e. The summed E-state index contributed by atoms with van der Waals surface area (Å²) >= 11 is 0. The van der Waals surface area contributed by atoms with E-state index in [1.807, 2.05) is 0 Å². The van der Waals surface area contributed by atoms with Crippen molar-refractivity contribution in [1.29, 1.82) is 0 Å². The van der Waals surface area contributed by atoms with Crippen LogP contribution in [0.15, 0.2) is 47.4 Å². The molecule has 0 bridgehead atoms. The van der Waals surface area contributed by atoms with Gasteiger partial charge in [0.1, 0.15) is 5.75 Å². The zero-order valence-electron chi connectivity index (χ0n) is 19.0. The maximum atomic E-state index is 13.4. The van der Waals surface area contributed by atoms with E-state index in [4.69, 9.17) is 10.5 Å². The standard InChI is InChI=1S/C24H30N4O5S/c25-23(29)17-33-19-8-6-7-18(15-19)26-24(30)21-16-20(9-10-22(21)27-11-4-5-12-27)34(31,32)28-13-2-1-3-14-28/h6-10,15-16H,1-5,11-14,17H2,(H2,25,29)(H,26,30). The van der Waals surface area contributed by atoms with Gasteiger partial charge in [0.2, 0.25) is 10.0 Å². The molecule has 2 amide bonds. The third-order valence-corrected chi connectivity index (χ3v) is 7.98. The molecule has 2 aliphatic rings. The van der Waals surface area contributed by atoms with E-state index < -0.39 is 21.8 Å². The van der Waals surface area contributed by atoms with Crippen LogP contribution in [0.25, 0.3) is 0 Å². The summed E-state index contributed by atoms with van der Waals surface area (Å²) in [4.78, 5) is 26.6. The van der Waals surface area contributed by atoms with Gasteiger partial charge in [-0.2, -0.15) is 4.31 Å². The number of carbonyl (C=O) groups is 2. The van der Waals surface area contributed by atoms with Crippen LogP contribution in [0.2, 0.25) is 0 Å². The molecule has 182 valence electrons. The number of carbonyl (C=O) groups excluding carboxylic acids is 2. The fraction of sp³-hybridized carbons (Fsp3) is 0.417. The molecule has 0 aromatic heterocycles. The minimum absolute atomic E-state index is 0.126. The topological polar surface area (TPSA) is 122 Å². The number of nitrogens with one attached hydrogen (secondary N) is 1. The average Bonchev–Trinajstić information content (AvgIpc) is 3.38. The predicted octanol–water partition coefficient (Wildman–Crippen LogP) is 2.58. The van der Waals surface area contributed by atoms with Gasteiger partial charge < -0.3 is 20.7 Å². The monoisotopic (exact) mass is 486 g/mol. The molecule has 0 spiro atoms. The molecule has 10 heteroatoms. The number of amides is 2. The van der Waals surface area contributed by atoms with Crippen LogP contribution >= 0.6 is 0 Å². The Hall–Kier alpha value is -3.11. The molecule has 0 atom stereocenters. The Bertz CT molecular complexity index is 1160. The molecule has 34 heavy (non-hydrogen) atoms. The summed E-state index contributed by atoms with van der Waals surface area (Å²) in [6.45, 7) is 2.35. The van der Waals surface area contributed by atoms with Gasteiger partial charge in [0, 0.05) is 43.6 Å². The van der Waals surface area contributed by atoms with Crippen LogP contribution in [0.3, 0.4) is 0 Å². The van der Waals surface area contributed by atoms with Gasteiger partial charge >= 0.3 is 0 Å². The highest BCUT2D eigenvalue weighted by atomic mass is 32.2. The van der Waals surface area contributed by atoms with Crippen LogP contribution in [0.5, 0.6) is 5.75 Å². The number of benzene rings is 2. The third-order valence-electron chi connectivity index (χ3n) is 6.09. The first-order chi connectivity index (χ1) is 16.3. The number of ether oxygens (including phenoxy) is 1. The van der Waals surface area contributed by atoms with E-state index in [0.717, 1.165) is 45.2 Å². The van der Waals surface area contributed by atoms with Crippen LogP contribution in [0.1, 0.15) is 42.5 Å². The summed E-state index contributed by atoms with van der Waals surface area (Å²) < 4.78 is 33.3. The van der Waals surface area contributed by atoms with Crippen molar-refractivity contribution in [2.24, 2.45) is 5.73 Å². The fourth-order valence-corrected chi connectivity index (χ4v) is 5.91.